The van der Waals surface area contributed by atoms with Gasteiger partial charge >= 0.3 is 12.6 Å². The Kier molecular flexibility index (Phi) is 5.54. The molecule has 0 saturated carbocycles. The molecule has 3 amide bonds. The molecule has 0 spiro atoms. The summed E-state index contributed by atoms with van der Waals surface area (Å²) in [6.45, 7) is -3.00. The maximum Gasteiger partial charge on any atom is 0.387 e. The minimum atomic E-state index is -3.00. The molecule has 0 aliphatic rings. The number of alkyl halides is 2. The van der Waals surface area contributed by atoms with Crippen molar-refractivity contribution >= 4 is 34.9 Å². The second kappa shape index (κ2) is 7.60. The molecular weight excluding hydrogens is 344 g/mol. The van der Waals surface area contributed by atoms with Crippen LogP contribution in [-0.4, -0.2) is 18.5 Å². The lowest BCUT2D eigenvalue weighted by atomic mass is 10.2. The topological polar surface area (TPSA) is 93.5 Å². The normalized spacial score (nSPS) is 10.3. The number of carbonyl (C=O) groups excluding carboxylic acids is 2. The van der Waals surface area contributed by atoms with Crippen molar-refractivity contribution in [2.45, 2.75) is 6.61 Å². The number of halogens is 3. The molecule has 0 saturated heterocycles. The fraction of sp³-hybridized carbons (Fsp3) is 0.0667. The lowest BCUT2D eigenvalue weighted by Gasteiger charge is -2.10. The first-order chi connectivity index (χ1) is 11.3. The third kappa shape index (κ3) is 4.82. The number of primary amides is 1. The third-order valence-corrected chi connectivity index (χ3v) is 3.09. The molecule has 2 rings (SSSR count). The van der Waals surface area contributed by atoms with Crippen molar-refractivity contribution in [1.82, 2.24) is 0 Å². The molecule has 24 heavy (non-hydrogen) atoms. The van der Waals surface area contributed by atoms with E-state index < -0.39 is 18.5 Å². The molecule has 0 atom stereocenters. The number of rotatable bonds is 5. The van der Waals surface area contributed by atoms with E-state index in [9.17, 15) is 18.4 Å². The summed E-state index contributed by atoms with van der Waals surface area (Å²) in [5.74, 6) is -0.681. The summed E-state index contributed by atoms with van der Waals surface area (Å²) < 4.78 is 28.6. The van der Waals surface area contributed by atoms with Crippen molar-refractivity contribution in [2.24, 2.45) is 5.73 Å². The molecule has 2 aromatic rings. The maximum absolute atomic E-state index is 12.2. The summed E-state index contributed by atoms with van der Waals surface area (Å²) in [5, 5.41) is 4.83. The van der Waals surface area contributed by atoms with E-state index in [-0.39, 0.29) is 16.3 Å². The number of amides is 3. The second-order valence-corrected chi connectivity index (χ2v) is 4.96. The molecular formula is C15H12ClF2N3O3. The number of ether oxygens (including phenoxy) is 1. The van der Waals surface area contributed by atoms with Gasteiger partial charge in [-0.1, -0.05) is 17.7 Å². The molecule has 4 N–H and O–H groups in total. The maximum atomic E-state index is 12.2. The van der Waals surface area contributed by atoms with E-state index in [2.05, 4.69) is 15.4 Å². The highest BCUT2D eigenvalue weighted by molar-refractivity contribution is 6.32. The quantitative estimate of drug-likeness (QED) is 0.763. The highest BCUT2D eigenvalue weighted by Gasteiger charge is 2.11. The Morgan fingerprint density at radius 3 is 2.42 bits per heavy atom. The fourth-order valence-electron chi connectivity index (χ4n) is 1.85. The highest BCUT2D eigenvalue weighted by Crippen LogP contribution is 2.29. The van der Waals surface area contributed by atoms with Crippen LogP contribution < -0.4 is 21.1 Å². The second-order valence-electron chi connectivity index (χ2n) is 4.55. The largest absolute Gasteiger partial charge is 0.433 e. The first-order valence-electron chi connectivity index (χ1n) is 6.57. The van der Waals surface area contributed by atoms with Crippen LogP contribution in [0, 0.1) is 0 Å². The van der Waals surface area contributed by atoms with E-state index in [0.717, 1.165) is 0 Å². The van der Waals surface area contributed by atoms with Gasteiger partial charge in [-0.2, -0.15) is 8.78 Å². The summed E-state index contributed by atoms with van der Waals surface area (Å²) in [6, 6.07) is 9.19. The van der Waals surface area contributed by atoms with Crippen molar-refractivity contribution in [3.8, 4) is 5.75 Å². The van der Waals surface area contributed by atoms with Gasteiger partial charge in [0.05, 0.1) is 5.02 Å². The number of nitrogens with two attached hydrogens (primary N) is 1. The van der Waals surface area contributed by atoms with Crippen LogP contribution in [-0.2, 0) is 0 Å². The predicted octanol–water partition coefficient (Wildman–Crippen LogP) is 3.68. The van der Waals surface area contributed by atoms with Gasteiger partial charge in [-0.3, -0.25) is 4.79 Å². The van der Waals surface area contributed by atoms with Crippen LogP contribution in [0.1, 0.15) is 10.4 Å². The zero-order chi connectivity index (χ0) is 17.7. The molecule has 6 nitrogen and oxygen atoms in total. The van der Waals surface area contributed by atoms with Crippen LogP contribution in [0.5, 0.6) is 5.75 Å². The Labute approximate surface area is 140 Å². The summed E-state index contributed by atoms with van der Waals surface area (Å²) >= 11 is 5.81. The Balaban J connectivity index is 2.12. The zero-order valence-electron chi connectivity index (χ0n) is 12.1. The Bertz CT molecular complexity index is 771. The zero-order valence-corrected chi connectivity index (χ0v) is 12.8. The van der Waals surface area contributed by atoms with Gasteiger partial charge in [-0.15, -0.1) is 0 Å². The van der Waals surface area contributed by atoms with Gasteiger partial charge in [-0.05, 0) is 36.4 Å². The van der Waals surface area contributed by atoms with Gasteiger partial charge in [-0.25, -0.2) is 4.79 Å². The van der Waals surface area contributed by atoms with Crippen molar-refractivity contribution < 1.29 is 23.1 Å². The summed E-state index contributed by atoms with van der Waals surface area (Å²) in [5.41, 5.74) is 5.91. The third-order valence-electron chi connectivity index (χ3n) is 2.80. The van der Waals surface area contributed by atoms with Crippen molar-refractivity contribution in [3.05, 3.63) is 53.1 Å². The van der Waals surface area contributed by atoms with Gasteiger partial charge in [0, 0.05) is 16.9 Å². The Hall–Kier alpha value is -2.87. The lowest BCUT2D eigenvalue weighted by molar-refractivity contribution is -0.0497. The predicted molar refractivity (Wildman–Crippen MR) is 85.7 cm³/mol. The molecule has 0 fully saturated rings. The highest BCUT2D eigenvalue weighted by atomic mass is 35.5. The van der Waals surface area contributed by atoms with Crippen molar-refractivity contribution in [2.75, 3.05) is 10.6 Å². The molecule has 0 aromatic heterocycles. The van der Waals surface area contributed by atoms with E-state index in [1.165, 1.54) is 30.3 Å². The van der Waals surface area contributed by atoms with E-state index >= 15 is 0 Å². The van der Waals surface area contributed by atoms with Crippen LogP contribution in [0.3, 0.4) is 0 Å². The average molecular weight is 356 g/mol. The summed E-state index contributed by atoms with van der Waals surface area (Å²) in [7, 11) is 0. The van der Waals surface area contributed by atoms with Crippen molar-refractivity contribution in [1.29, 1.82) is 0 Å². The molecule has 2 aromatic carbocycles. The van der Waals surface area contributed by atoms with Crippen LogP contribution in [0.15, 0.2) is 42.5 Å². The molecule has 9 heteroatoms. The van der Waals surface area contributed by atoms with Gasteiger partial charge in [0.25, 0.3) is 5.91 Å². The molecule has 0 heterocycles. The molecule has 0 aliphatic carbocycles. The van der Waals surface area contributed by atoms with Crippen LogP contribution in [0.4, 0.5) is 25.0 Å². The molecule has 0 aliphatic heterocycles. The van der Waals surface area contributed by atoms with Crippen molar-refractivity contribution in [3.63, 3.8) is 0 Å². The van der Waals surface area contributed by atoms with E-state index in [4.69, 9.17) is 17.3 Å². The summed E-state index contributed by atoms with van der Waals surface area (Å²) in [6.07, 6.45) is 0. The van der Waals surface area contributed by atoms with Crippen LogP contribution in [0.2, 0.25) is 5.02 Å². The first-order valence-corrected chi connectivity index (χ1v) is 6.95. The van der Waals surface area contributed by atoms with E-state index in [1.54, 1.807) is 12.1 Å². The van der Waals surface area contributed by atoms with Crippen LogP contribution in [0.25, 0.3) is 0 Å². The number of anilines is 2. The van der Waals surface area contributed by atoms with Gasteiger partial charge < -0.3 is 21.1 Å². The molecule has 0 unspecified atom stereocenters. The number of hydrogen-bond donors (Lipinski definition) is 3. The Morgan fingerprint density at radius 1 is 1.08 bits per heavy atom. The summed E-state index contributed by atoms with van der Waals surface area (Å²) in [4.78, 5) is 23.0. The van der Waals surface area contributed by atoms with Crippen LogP contribution >= 0.6 is 11.6 Å². The first kappa shape index (κ1) is 17.5. The minimum absolute atomic E-state index is 0.0720. The number of benzene rings is 2. The molecule has 0 radical (unpaired) electrons. The lowest BCUT2D eigenvalue weighted by Crippen LogP contribution is -2.19. The van der Waals surface area contributed by atoms with E-state index in [0.29, 0.717) is 11.4 Å². The SMILES string of the molecule is NC(=O)Nc1cccc(C(=O)Nc2ccc(OC(F)F)c(Cl)c2)c1. The monoisotopic (exact) mass is 355 g/mol. The smallest absolute Gasteiger partial charge is 0.387 e. The minimum Gasteiger partial charge on any atom is -0.433 e. The standard InChI is InChI=1S/C15H12ClF2N3O3/c16-11-7-10(4-5-12(11)24-14(17)18)20-13(22)8-2-1-3-9(6-8)21-15(19)23/h1-7,14H,(H,20,22)(H3,19,21,23). The number of urea groups is 1. The number of hydrogen-bond acceptors (Lipinski definition) is 3. The van der Waals surface area contributed by atoms with E-state index in [1.807, 2.05) is 0 Å². The van der Waals surface area contributed by atoms with Gasteiger partial charge in [0.1, 0.15) is 5.75 Å². The van der Waals surface area contributed by atoms with Gasteiger partial charge in [0.15, 0.2) is 0 Å². The fourth-order valence-corrected chi connectivity index (χ4v) is 2.08. The average Bonchev–Trinajstić information content (AvgIpc) is 2.49. The number of nitrogens with one attached hydrogen (secondary N) is 2. The molecule has 0 bridgehead atoms. The number of carbonyl (C=O) groups is 2. The van der Waals surface area contributed by atoms with Gasteiger partial charge in [0.2, 0.25) is 0 Å². The Morgan fingerprint density at radius 2 is 1.79 bits per heavy atom. The molecule has 126 valence electrons.